The van der Waals surface area contributed by atoms with Crippen molar-refractivity contribution in [1.29, 1.82) is 10.5 Å². The molecule has 2 aromatic rings. The van der Waals surface area contributed by atoms with Crippen LogP contribution in [0.2, 0.25) is 0 Å². The maximum Gasteiger partial charge on any atom is 0.128 e. The van der Waals surface area contributed by atoms with Gasteiger partial charge in [0.05, 0.1) is 22.8 Å². The van der Waals surface area contributed by atoms with Gasteiger partial charge in [0.2, 0.25) is 0 Å². The molecular weight excluding hydrogens is 506 g/mol. The fraction of sp³-hybridized carbons (Fsp3) is 0.353. The van der Waals surface area contributed by atoms with Gasteiger partial charge in [-0.15, -0.1) is 0 Å². The summed E-state index contributed by atoms with van der Waals surface area (Å²) in [6.45, 7) is 10.8. The summed E-state index contributed by atoms with van der Waals surface area (Å²) in [6, 6.07) is 14.3. The van der Waals surface area contributed by atoms with Gasteiger partial charge in [-0.05, 0) is 86.6 Å². The fourth-order valence-corrected chi connectivity index (χ4v) is 6.33. The van der Waals surface area contributed by atoms with Crippen LogP contribution in [0.5, 0.6) is 0 Å². The summed E-state index contributed by atoms with van der Waals surface area (Å²) in [5.74, 6) is 0.987. The number of pyridine rings is 2. The first-order valence-corrected chi connectivity index (χ1v) is 14.3. The molecule has 7 nitrogen and oxygen atoms in total. The number of anilines is 1. The first kappa shape index (κ1) is 26.7. The molecule has 1 aliphatic carbocycles. The molecule has 3 atom stereocenters. The van der Waals surface area contributed by atoms with Crippen molar-refractivity contribution in [3.63, 3.8) is 0 Å². The normalized spacial score (nSPS) is 26.7. The smallest absolute Gasteiger partial charge is 0.128 e. The highest BCUT2D eigenvalue weighted by molar-refractivity contribution is 5.85. The third-order valence-electron chi connectivity index (χ3n) is 8.99. The second kappa shape index (κ2) is 10.8. The lowest BCUT2D eigenvalue weighted by molar-refractivity contribution is -0.00875. The number of aryl methyl sites for hydroxylation is 1. The van der Waals surface area contributed by atoms with Crippen LogP contribution in [0, 0.1) is 35.0 Å². The van der Waals surface area contributed by atoms with E-state index in [1.165, 1.54) is 17.6 Å². The standard InChI is InChI=1S/C34H35N7/c1-4-25(15-35)33-31(13-28(18-39-33)26-9-11-34(3,22-36)12-10-26)27-7-8-32(38-17-27)40-20-29-14-30(21-40)41(29)19-24-6-5-23(2)37-16-24/h4-9,13,16-18,29-30,39H,1,10-12,14,19-21H2,2-3H3/b33-25+. The van der Waals surface area contributed by atoms with Gasteiger partial charge in [0, 0.05) is 67.1 Å². The van der Waals surface area contributed by atoms with Crippen molar-refractivity contribution in [2.45, 2.75) is 58.2 Å². The number of rotatable bonds is 6. The van der Waals surface area contributed by atoms with Gasteiger partial charge in [0.25, 0.3) is 0 Å². The van der Waals surface area contributed by atoms with Gasteiger partial charge in [-0.3, -0.25) is 9.88 Å². The number of nitrogens with one attached hydrogen (secondary N) is 1. The van der Waals surface area contributed by atoms with Crippen LogP contribution in [0.1, 0.15) is 49.4 Å². The Morgan fingerprint density at radius 2 is 2.00 bits per heavy atom. The molecule has 41 heavy (non-hydrogen) atoms. The minimum absolute atomic E-state index is 0.301. The van der Waals surface area contributed by atoms with Gasteiger partial charge in [0.1, 0.15) is 11.9 Å². The van der Waals surface area contributed by atoms with Crippen molar-refractivity contribution in [2.24, 2.45) is 5.41 Å². The number of nitriles is 2. The summed E-state index contributed by atoms with van der Waals surface area (Å²) in [6.07, 6.45) is 15.4. The first-order chi connectivity index (χ1) is 19.9. The average Bonchev–Trinajstić information content (AvgIpc) is 3.02. The Balaban J connectivity index is 1.20. The van der Waals surface area contributed by atoms with Gasteiger partial charge < -0.3 is 10.2 Å². The molecule has 5 aliphatic rings. The molecule has 0 radical (unpaired) electrons. The summed E-state index contributed by atoms with van der Waals surface area (Å²) in [5.41, 5.74) is 7.42. The minimum atomic E-state index is -0.301. The van der Waals surface area contributed by atoms with Crippen molar-refractivity contribution in [1.82, 2.24) is 20.2 Å². The van der Waals surface area contributed by atoms with Crippen LogP contribution in [-0.4, -0.2) is 40.0 Å². The second-order valence-electron chi connectivity index (χ2n) is 11.8. The van der Waals surface area contributed by atoms with E-state index >= 15 is 0 Å². The van der Waals surface area contributed by atoms with E-state index in [1.807, 2.05) is 32.4 Å². The number of piperazine rings is 1. The number of piperidine rings is 1. The Kier molecular flexibility index (Phi) is 7.07. The second-order valence-corrected chi connectivity index (χ2v) is 11.8. The van der Waals surface area contributed by atoms with E-state index in [1.54, 1.807) is 6.08 Å². The predicted octanol–water partition coefficient (Wildman–Crippen LogP) is 5.72. The van der Waals surface area contributed by atoms with Crippen molar-refractivity contribution >= 4 is 11.4 Å². The molecule has 0 saturated carbocycles. The lowest BCUT2D eigenvalue weighted by Crippen LogP contribution is -2.68. The molecule has 0 aromatic carbocycles. The quantitative estimate of drug-likeness (QED) is 0.468. The number of allylic oxidation sites excluding steroid dienone is 7. The molecule has 3 fully saturated rings. The van der Waals surface area contributed by atoms with Crippen LogP contribution >= 0.6 is 0 Å². The van der Waals surface area contributed by atoms with Gasteiger partial charge in [-0.2, -0.15) is 10.5 Å². The Morgan fingerprint density at radius 1 is 1.17 bits per heavy atom. The van der Waals surface area contributed by atoms with Crippen LogP contribution < -0.4 is 10.2 Å². The summed E-state index contributed by atoms with van der Waals surface area (Å²) >= 11 is 0. The zero-order chi connectivity index (χ0) is 28.6. The van der Waals surface area contributed by atoms with Crippen LogP contribution in [0.4, 0.5) is 5.82 Å². The van der Waals surface area contributed by atoms with E-state index in [-0.39, 0.29) is 5.41 Å². The molecule has 7 heteroatoms. The van der Waals surface area contributed by atoms with Crippen LogP contribution in [-0.2, 0) is 6.54 Å². The van der Waals surface area contributed by atoms with Gasteiger partial charge in [-0.1, -0.05) is 18.7 Å². The maximum atomic E-state index is 9.77. The Hall–Kier alpha value is -4.46. The van der Waals surface area contributed by atoms with E-state index in [9.17, 15) is 10.5 Å². The van der Waals surface area contributed by atoms with E-state index in [2.05, 4.69) is 75.2 Å². The molecule has 3 unspecified atom stereocenters. The third-order valence-corrected chi connectivity index (χ3v) is 8.99. The summed E-state index contributed by atoms with van der Waals surface area (Å²) in [7, 11) is 0. The van der Waals surface area contributed by atoms with Crippen molar-refractivity contribution < 1.29 is 0 Å². The minimum Gasteiger partial charge on any atom is -0.360 e. The molecule has 0 spiro atoms. The third kappa shape index (κ3) is 5.22. The molecular formula is C34H35N7. The van der Waals surface area contributed by atoms with Crippen molar-refractivity contribution in [3.05, 3.63) is 107 Å². The Bertz CT molecular complexity index is 1550. The van der Waals surface area contributed by atoms with E-state index in [4.69, 9.17) is 4.98 Å². The van der Waals surface area contributed by atoms with Crippen molar-refractivity contribution in [3.8, 4) is 12.1 Å². The highest BCUT2D eigenvalue weighted by Gasteiger charge is 2.44. The van der Waals surface area contributed by atoms with Crippen LogP contribution in [0.3, 0.4) is 0 Å². The number of hydrogen-bond acceptors (Lipinski definition) is 7. The first-order valence-electron chi connectivity index (χ1n) is 14.3. The predicted molar refractivity (Wildman–Crippen MR) is 161 cm³/mol. The molecule has 3 saturated heterocycles. The van der Waals surface area contributed by atoms with Gasteiger partial charge in [-0.25, -0.2) is 4.98 Å². The molecule has 2 aromatic heterocycles. The molecule has 206 valence electrons. The highest BCUT2D eigenvalue weighted by atomic mass is 15.4. The monoisotopic (exact) mass is 541 g/mol. The molecule has 0 amide bonds. The Morgan fingerprint density at radius 3 is 2.61 bits per heavy atom. The summed E-state index contributed by atoms with van der Waals surface area (Å²) < 4.78 is 0. The highest BCUT2D eigenvalue weighted by Crippen LogP contribution is 2.40. The summed E-state index contributed by atoms with van der Waals surface area (Å²) in [5, 5.41) is 22.7. The summed E-state index contributed by atoms with van der Waals surface area (Å²) in [4.78, 5) is 14.3. The van der Waals surface area contributed by atoms with Crippen LogP contribution in [0.15, 0.2) is 90.1 Å². The van der Waals surface area contributed by atoms with Gasteiger partial charge >= 0.3 is 0 Å². The van der Waals surface area contributed by atoms with Crippen molar-refractivity contribution in [2.75, 3.05) is 18.0 Å². The Labute approximate surface area is 242 Å². The van der Waals surface area contributed by atoms with Crippen LogP contribution in [0.25, 0.3) is 5.57 Å². The zero-order valence-corrected chi connectivity index (χ0v) is 23.8. The van der Waals surface area contributed by atoms with E-state index < -0.39 is 0 Å². The lowest BCUT2D eigenvalue weighted by atomic mass is 9.76. The number of dihydropyridines is 1. The number of aromatic nitrogens is 2. The SMILES string of the molecule is C=C/C(C#N)=C1\NC=C(C2=CCC(C)(C#N)CC2)C=C1c1ccc(N2CC3CC(C2)N3Cc2ccc(C)nc2)nc1. The maximum absolute atomic E-state index is 9.77. The molecule has 2 bridgehead atoms. The topological polar surface area (TPSA) is 91.9 Å². The lowest BCUT2D eigenvalue weighted by Gasteiger charge is -2.56. The number of nitrogens with zero attached hydrogens (tertiary/aromatic N) is 6. The van der Waals surface area contributed by atoms with E-state index in [0.717, 1.165) is 72.8 Å². The largest absolute Gasteiger partial charge is 0.360 e. The number of hydrogen-bond donors (Lipinski definition) is 1. The number of fused-ring (bicyclic) bond motifs is 2. The molecule has 7 rings (SSSR count). The fourth-order valence-electron chi connectivity index (χ4n) is 6.33. The van der Waals surface area contributed by atoms with Gasteiger partial charge in [0.15, 0.2) is 0 Å². The molecule has 1 N–H and O–H groups in total. The van der Waals surface area contributed by atoms with E-state index in [0.29, 0.717) is 17.7 Å². The zero-order valence-electron chi connectivity index (χ0n) is 23.8. The molecule has 4 aliphatic heterocycles. The molecule has 6 heterocycles. The average molecular weight is 542 g/mol.